The summed E-state index contributed by atoms with van der Waals surface area (Å²) in [5, 5.41) is 9.50. The van der Waals surface area contributed by atoms with Crippen molar-refractivity contribution in [2.75, 3.05) is 5.32 Å². The summed E-state index contributed by atoms with van der Waals surface area (Å²) in [7, 11) is 1.83. The molecule has 2 heterocycles. The molecule has 0 atom stereocenters. The van der Waals surface area contributed by atoms with Gasteiger partial charge in [-0.3, -0.25) is 14.8 Å². The van der Waals surface area contributed by atoms with Crippen molar-refractivity contribution >= 4 is 22.4 Å². The smallest absolute Gasteiger partial charge is 0.257 e. The van der Waals surface area contributed by atoms with E-state index in [1.807, 2.05) is 30.6 Å². The van der Waals surface area contributed by atoms with Crippen LogP contribution in [0.4, 0.5) is 9.52 Å². The molecule has 5 nitrogen and oxygen atoms in total. The van der Waals surface area contributed by atoms with E-state index in [2.05, 4.69) is 15.4 Å². The van der Waals surface area contributed by atoms with E-state index >= 15 is 0 Å². The van der Waals surface area contributed by atoms with Crippen LogP contribution in [0.25, 0.3) is 22.5 Å². The summed E-state index contributed by atoms with van der Waals surface area (Å²) >= 11 is 1.34. The normalized spacial score (nSPS) is 10.7. The van der Waals surface area contributed by atoms with Gasteiger partial charge < -0.3 is 0 Å². The van der Waals surface area contributed by atoms with Crippen LogP contribution in [0.2, 0.25) is 0 Å². The molecule has 134 valence electrons. The van der Waals surface area contributed by atoms with Gasteiger partial charge in [-0.1, -0.05) is 18.2 Å². The predicted octanol–water partition coefficient (Wildman–Crippen LogP) is 4.60. The quantitative estimate of drug-likeness (QED) is 0.564. The van der Waals surface area contributed by atoms with Gasteiger partial charge in [0.1, 0.15) is 5.82 Å². The van der Waals surface area contributed by atoms with Gasteiger partial charge in [-0.05, 0) is 36.4 Å². The van der Waals surface area contributed by atoms with E-state index in [0.29, 0.717) is 16.4 Å². The number of carbonyl (C=O) groups excluding carboxylic acids is 1. The van der Waals surface area contributed by atoms with Crippen molar-refractivity contribution in [1.82, 2.24) is 14.8 Å². The molecule has 0 spiro atoms. The molecule has 0 aliphatic heterocycles. The highest BCUT2D eigenvalue weighted by atomic mass is 32.1. The van der Waals surface area contributed by atoms with E-state index in [9.17, 15) is 9.18 Å². The third kappa shape index (κ3) is 3.50. The zero-order valence-electron chi connectivity index (χ0n) is 14.4. The highest BCUT2D eigenvalue weighted by Crippen LogP contribution is 2.33. The van der Waals surface area contributed by atoms with Gasteiger partial charge in [-0.15, -0.1) is 11.3 Å². The minimum Gasteiger partial charge on any atom is -0.298 e. The monoisotopic (exact) mass is 378 g/mol. The van der Waals surface area contributed by atoms with E-state index < -0.39 is 0 Å². The maximum atomic E-state index is 13.2. The number of thiazole rings is 1. The number of nitrogens with zero attached hydrogens (tertiary/aromatic N) is 3. The first-order valence-electron chi connectivity index (χ1n) is 8.22. The molecule has 1 amide bonds. The Morgan fingerprint density at radius 3 is 2.59 bits per heavy atom. The van der Waals surface area contributed by atoms with Gasteiger partial charge in [0.25, 0.3) is 5.91 Å². The standard InChI is InChI=1S/C20H15FN4OS/c1-25-18(13-7-9-15(21)10-8-13)16(11-22-25)17-12-27-20(23-17)24-19(26)14-5-3-2-4-6-14/h2-12H,1H3,(H,23,24,26). The SMILES string of the molecule is Cn1ncc(-c2csc(NC(=O)c3ccccc3)n2)c1-c1ccc(F)cc1. The second kappa shape index (κ2) is 7.13. The second-order valence-corrected chi connectivity index (χ2v) is 6.75. The van der Waals surface area contributed by atoms with Crippen molar-refractivity contribution in [1.29, 1.82) is 0 Å². The first kappa shape index (κ1) is 17.1. The lowest BCUT2D eigenvalue weighted by atomic mass is 10.1. The number of aryl methyl sites for hydroxylation is 1. The number of anilines is 1. The summed E-state index contributed by atoms with van der Waals surface area (Å²) in [6.45, 7) is 0. The van der Waals surface area contributed by atoms with Crippen molar-refractivity contribution in [3.8, 4) is 22.5 Å². The summed E-state index contributed by atoms with van der Waals surface area (Å²) < 4.78 is 15.0. The molecule has 1 N–H and O–H groups in total. The summed E-state index contributed by atoms with van der Waals surface area (Å²) in [4.78, 5) is 16.8. The fourth-order valence-corrected chi connectivity index (χ4v) is 3.49. The van der Waals surface area contributed by atoms with Crippen molar-refractivity contribution in [3.63, 3.8) is 0 Å². The molecule has 0 aliphatic carbocycles. The third-order valence-electron chi connectivity index (χ3n) is 4.09. The Labute approximate surface area is 159 Å². The molecule has 2 aromatic heterocycles. The van der Waals surface area contributed by atoms with Crippen LogP contribution in [0.5, 0.6) is 0 Å². The molecular formula is C20H15FN4OS. The highest BCUT2D eigenvalue weighted by Gasteiger charge is 2.16. The number of hydrogen-bond acceptors (Lipinski definition) is 4. The van der Waals surface area contributed by atoms with E-state index in [4.69, 9.17) is 0 Å². The Bertz CT molecular complexity index is 1090. The molecule has 0 radical (unpaired) electrons. The average Bonchev–Trinajstić information content (AvgIpc) is 3.30. The molecule has 4 rings (SSSR count). The Morgan fingerprint density at radius 2 is 1.85 bits per heavy atom. The number of hydrogen-bond donors (Lipinski definition) is 1. The van der Waals surface area contributed by atoms with Crippen LogP contribution < -0.4 is 5.32 Å². The average molecular weight is 378 g/mol. The Morgan fingerprint density at radius 1 is 1.11 bits per heavy atom. The van der Waals surface area contributed by atoms with Gasteiger partial charge in [0.2, 0.25) is 0 Å². The molecule has 0 bridgehead atoms. The molecule has 2 aromatic carbocycles. The topological polar surface area (TPSA) is 59.8 Å². The Kier molecular flexibility index (Phi) is 4.52. The van der Waals surface area contributed by atoms with Crippen molar-refractivity contribution in [3.05, 3.63) is 77.6 Å². The van der Waals surface area contributed by atoms with Crippen LogP contribution in [0.3, 0.4) is 0 Å². The molecule has 0 unspecified atom stereocenters. The van der Waals surface area contributed by atoms with E-state index in [-0.39, 0.29) is 11.7 Å². The maximum Gasteiger partial charge on any atom is 0.257 e. The van der Waals surface area contributed by atoms with Crippen LogP contribution in [0.15, 0.2) is 66.2 Å². The number of benzene rings is 2. The van der Waals surface area contributed by atoms with Gasteiger partial charge in [0.05, 0.1) is 17.6 Å². The molecular weight excluding hydrogens is 363 g/mol. The van der Waals surface area contributed by atoms with Crippen LogP contribution in [-0.4, -0.2) is 20.7 Å². The van der Waals surface area contributed by atoms with Gasteiger partial charge in [0, 0.05) is 29.1 Å². The Hall–Kier alpha value is -3.32. The second-order valence-electron chi connectivity index (χ2n) is 5.90. The van der Waals surface area contributed by atoms with Crippen molar-refractivity contribution in [2.45, 2.75) is 0 Å². The molecule has 7 heteroatoms. The minimum absolute atomic E-state index is 0.207. The van der Waals surface area contributed by atoms with Gasteiger partial charge >= 0.3 is 0 Å². The van der Waals surface area contributed by atoms with Crippen LogP contribution in [0.1, 0.15) is 10.4 Å². The Balaban J connectivity index is 1.63. The first-order valence-corrected chi connectivity index (χ1v) is 9.10. The summed E-state index contributed by atoms with van der Waals surface area (Å²) in [6.07, 6.45) is 1.72. The number of rotatable bonds is 4. The van der Waals surface area contributed by atoms with Gasteiger partial charge in [-0.25, -0.2) is 9.37 Å². The van der Waals surface area contributed by atoms with Crippen molar-refractivity contribution in [2.24, 2.45) is 7.05 Å². The van der Waals surface area contributed by atoms with Gasteiger partial charge in [0.15, 0.2) is 5.13 Å². The van der Waals surface area contributed by atoms with Crippen LogP contribution in [0, 0.1) is 5.82 Å². The number of aromatic nitrogens is 3. The summed E-state index contributed by atoms with van der Waals surface area (Å²) in [6, 6.07) is 15.2. The number of carbonyl (C=O) groups is 1. The molecule has 0 aliphatic rings. The fourth-order valence-electron chi connectivity index (χ4n) is 2.79. The molecule has 27 heavy (non-hydrogen) atoms. The third-order valence-corrected chi connectivity index (χ3v) is 4.85. The van der Waals surface area contributed by atoms with Gasteiger partial charge in [-0.2, -0.15) is 5.10 Å². The molecule has 0 saturated heterocycles. The molecule has 4 aromatic rings. The van der Waals surface area contributed by atoms with E-state index in [1.165, 1.54) is 23.5 Å². The summed E-state index contributed by atoms with van der Waals surface area (Å²) in [5.74, 6) is -0.497. The van der Waals surface area contributed by atoms with E-state index in [1.54, 1.807) is 35.1 Å². The molecule has 0 saturated carbocycles. The number of amides is 1. The van der Waals surface area contributed by atoms with E-state index in [0.717, 1.165) is 16.8 Å². The summed E-state index contributed by atoms with van der Waals surface area (Å²) in [5.41, 5.74) is 3.77. The van der Waals surface area contributed by atoms with Crippen molar-refractivity contribution < 1.29 is 9.18 Å². The highest BCUT2D eigenvalue weighted by molar-refractivity contribution is 7.14. The van der Waals surface area contributed by atoms with Crippen LogP contribution in [-0.2, 0) is 7.05 Å². The molecule has 0 fully saturated rings. The number of nitrogens with one attached hydrogen (secondary N) is 1. The maximum absolute atomic E-state index is 13.2. The zero-order chi connectivity index (χ0) is 18.8. The first-order chi connectivity index (χ1) is 13.1. The largest absolute Gasteiger partial charge is 0.298 e. The zero-order valence-corrected chi connectivity index (χ0v) is 15.2. The lowest BCUT2D eigenvalue weighted by molar-refractivity contribution is 0.102. The number of halogens is 1. The van der Waals surface area contributed by atoms with Crippen LogP contribution >= 0.6 is 11.3 Å². The lowest BCUT2D eigenvalue weighted by Crippen LogP contribution is -2.11. The fraction of sp³-hybridized carbons (Fsp3) is 0.0500. The lowest BCUT2D eigenvalue weighted by Gasteiger charge is -2.05. The predicted molar refractivity (Wildman–Crippen MR) is 104 cm³/mol. The minimum atomic E-state index is -0.290.